The molecule has 4 heterocycles. The van der Waals surface area contributed by atoms with Crippen LogP contribution in [0.2, 0.25) is 0 Å². The summed E-state index contributed by atoms with van der Waals surface area (Å²) in [6.45, 7) is 0. The molecule has 4 aromatic heterocycles. The second-order valence-corrected chi connectivity index (χ2v) is 7.99. The van der Waals surface area contributed by atoms with E-state index in [1.807, 2.05) is 0 Å². The molecule has 11 nitrogen and oxygen atoms in total. The number of pyridine rings is 2. The quantitative estimate of drug-likeness (QED) is 0.386. The van der Waals surface area contributed by atoms with Crippen molar-refractivity contribution in [1.29, 1.82) is 0 Å². The van der Waals surface area contributed by atoms with Gasteiger partial charge in [0.25, 0.3) is 11.5 Å². The third-order valence-electron chi connectivity index (χ3n) is 5.74. The van der Waals surface area contributed by atoms with Crippen LogP contribution in [-0.4, -0.2) is 50.3 Å². The predicted octanol–water partition coefficient (Wildman–Crippen LogP) is 2.73. The largest absolute Gasteiger partial charge is 0.381 e. The molecular formula is C24H28N8O3. The number of nitrogens with one attached hydrogen (secondary N) is 2. The van der Waals surface area contributed by atoms with E-state index in [1.165, 1.54) is 41.0 Å². The number of carbonyl (C=O) groups is 1. The summed E-state index contributed by atoms with van der Waals surface area (Å²) < 4.78 is 8.00. The molecule has 1 saturated carbocycles. The fraction of sp³-hybridized carbons (Fsp3) is 0.292. The van der Waals surface area contributed by atoms with Crippen LogP contribution in [0.4, 0.5) is 17.3 Å². The van der Waals surface area contributed by atoms with E-state index in [9.17, 15) is 9.59 Å². The number of carbonyl (C=O) groups excluding carboxylic acids is 1. The van der Waals surface area contributed by atoms with Crippen LogP contribution >= 0.6 is 0 Å². The number of primary amides is 1. The summed E-state index contributed by atoms with van der Waals surface area (Å²) in [5.74, 6) is 0.790. The van der Waals surface area contributed by atoms with Crippen molar-refractivity contribution in [1.82, 2.24) is 24.1 Å². The van der Waals surface area contributed by atoms with Crippen molar-refractivity contribution in [3.05, 3.63) is 70.9 Å². The molecule has 5 rings (SSSR count). The number of hydrogen-bond donors (Lipinski definition) is 3. The Labute approximate surface area is 202 Å². The summed E-state index contributed by atoms with van der Waals surface area (Å²) in [4.78, 5) is 33.1. The Morgan fingerprint density at radius 2 is 2.00 bits per heavy atom. The number of ether oxygens (including phenoxy) is 1. The van der Waals surface area contributed by atoms with Crippen molar-refractivity contribution in [2.75, 3.05) is 24.8 Å². The third-order valence-corrected chi connectivity index (χ3v) is 5.74. The van der Waals surface area contributed by atoms with Crippen molar-refractivity contribution < 1.29 is 9.53 Å². The Hall–Kier alpha value is -4.25. The average Bonchev–Trinajstić information content (AvgIpc) is 3.56. The van der Waals surface area contributed by atoms with Crippen LogP contribution in [0.25, 0.3) is 11.5 Å². The summed E-state index contributed by atoms with van der Waals surface area (Å²) in [5, 5.41) is 10.1. The number of amides is 1. The normalized spacial score (nSPS) is 13.3. The summed E-state index contributed by atoms with van der Waals surface area (Å²) >= 11 is 0. The number of methoxy groups -OCH3 is 1. The first kappa shape index (κ1) is 23.9. The lowest BCUT2D eigenvalue weighted by Crippen LogP contribution is -2.21. The Bertz CT molecular complexity index is 1360. The van der Waals surface area contributed by atoms with Gasteiger partial charge in [0.15, 0.2) is 5.65 Å². The second kappa shape index (κ2) is 10.8. The molecule has 0 bridgehead atoms. The van der Waals surface area contributed by atoms with Gasteiger partial charge in [0.05, 0.1) is 12.3 Å². The van der Waals surface area contributed by atoms with Crippen LogP contribution in [0.5, 0.6) is 0 Å². The van der Waals surface area contributed by atoms with Gasteiger partial charge in [0, 0.05) is 32.6 Å². The van der Waals surface area contributed by atoms with Gasteiger partial charge in [0.2, 0.25) is 0 Å². The molecule has 0 spiro atoms. The number of nitrogens with zero attached hydrogens (tertiary/aromatic N) is 5. The Balaban J connectivity index is 0.000000356. The first-order valence-electron chi connectivity index (χ1n) is 11.3. The van der Waals surface area contributed by atoms with E-state index in [1.54, 1.807) is 62.9 Å². The van der Waals surface area contributed by atoms with Gasteiger partial charge in [0.1, 0.15) is 28.7 Å². The van der Waals surface area contributed by atoms with Gasteiger partial charge >= 0.3 is 0 Å². The SMILES string of the molecule is CNc1cc(Nc2cccn(-c3ccccn3)c2=O)nc2c(C(N)=O)cnn12.COC1CCCC1. The molecule has 4 aromatic rings. The summed E-state index contributed by atoms with van der Waals surface area (Å²) in [7, 11) is 3.51. The zero-order valence-electron chi connectivity index (χ0n) is 19.6. The number of aromatic nitrogens is 5. The van der Waals surface area contributed by atoms with Gasteiger partial charge in [-0.2, -0.15) is 9.61 Å². The zero-order valence-corrected chi connectivity index (χ0v) is 19.6. The molecule has 0 aliphatic heterocycles. The molecule has 35 heavy (non-hydrogen) atoms. The van der Waals surface area contributed by atoms with Crippen LogP contribution < -0.4 is 21.9 Å². The van der Waals surface area contributed by atoms with Gasteiger partial charge in [-0.05, 0) is 37.1 Å². The summed E-state index contributed by atoms with van der Waals surface area (Å²) in [5.41, 5.74) is 5.86. The Kier molecular flexibility index (Phi) is 7.36. The molecule has 0 radical (unpaired) electrons. The number of anilines is 3. The Morgan fingerprint density at radius 3 is 2.63 bits per heavy atom. The maximum atomic E-state index is 12.8. The molecule has 182 valence electrons. The molecule has 0 atom stereocenters. The van der Waals surface area contributed by atoms with Crippen molar-refractivity contribution in [3.8, 4) is 5.82 Å². The standard InChI is InChI=1S/C18H16N8O2.C6H12O/c1-20-15-9-13(24-17-11(16(19)27)10-22-26(15)17)23-12-5-4-8-25(18(12)28)14-6-2-3-7-21-14;1-7-6-4-2-3-5-6/h2-10,20H,1H3,(H2,19,27)(H,23,24);6H,2-5H2,1H3. The van der Waals surface area contributed by atoms with E-state index < -0.39 is 5.91 Å². The molecule has 1 fully saturated rings. The van der Waals surface area contributed by atoms with Gasteiger partial charge in [-0.3, -0.25) is 14.2 Å². The predicted molar refractivity (Wildman–Crippen MR) is 133 cm³/mol. The first-order valence-corrected chi connectivity index (χ1v) is 11.3. The van der Waals surface area contributed by atoms with Gasteiger partial charge in [-0.15, -0.1) is 0 Å². The highest BCUT2D eigenvalue weighted by atomic mass is 16.5. The molecule has 11 heteroatoms. The number of nitrogens with two attached hydrogens (primary N) is 1. The highest BCUT2D eigenvalue weighted by Gasteiger charge is 2.16. The number of rotatable bonds is 6. The molecule has 1 aliphatic carbocycles. The minimum Gasteiger partial charge on any atom is -0.381 e. The fourth-order valence-corrected chi connectivity index (χ4v) is 3.91. The fourth-order valence-electron chi connectivity index (χ4n) is 3.91. The van der Waals surface area contributed by atoms with E-state index in [-0.39, 0.29) is 16.8 Å². The highest BCUT2D eigenvalue weighted by molar-refractivity contribution is 5.98. The number of hydrogen-bond acceptors (Lipinski definition) is 8. The van der Waals surface area contributed by atoms with Crippen LogP contribution in [0.3, 0.4) is 0 Å². The van der Waals surface area contributed by atoms with Crippen molar-refractivity contribution in [3.63, 3.8) is 0 Å². The third kappa shape index (κ3) is 5.30. The van der Waals surface area contributed by atoms with E-state index in [4.69, 9.17) is 10.5 Å². The molecule has 1 amide bonds. The molecule has 1 aliphatic rings. The Morgan fingerprint density at radius 1 is 1.20 bits per heavy atom. The smallest absolute Gasteiger partial charge is 0.279 e. The number of fused-ring (bicyclic) bond motifs is 1. The van der Waals surface area contributed by atoms with E-state index in [0.29, 0.717) is 29.2 Å². The van der Waals surface area contributed by atoms with Crippen molar-refractivity contribution in [2.45, 2.75) is 31.8 Å². The van der Waals surface area contributed by atoms with Crippen molar-refractivity contribution >= 4 is 28.9 Å². The molecular weight excluding hydrogens is 448 g/mol. The van der Waals surface area contributed by atoms with Crippen LogP contribution in [0, 0.1) is 0 Å². The lowest BCUT2D eigenvalue weighted by molar-refractivity contribution is 0.100. The zero-order chi connectivity index (χ0) is 24.8. The van der Waals surface area contributed by atoms with Gasteiger partial charge < -0.3 is 21.1 Å². The molecule has 0 saturated heterocycles. The van der Waals surface area contributed by atoms with E-state index >= 15 is 0 Å². The molecule has 0 unspecified atom stereocenters. The van der Waals surface area contributed by atoms with Gasteiger partial charge in [-0.25, -0.2) is 9.97 Å². The maximum absolute atomic E-state index is 12.8. The maximum Gasteiger partial charge on any atom is 0.279 e. The van der Waals surface area contributed by atoms with Crippen molar-refractivity contribution in [2.24, 2.45) is 5.73 Å². The van der Waals surface area contributed by atoms with Crippen LogP contribution in [0.15, 0.2) is 59.8 Å². The van der Waals surface area contributed by atoms with E-state index in [2.05, 4.69) is 25.7 Å². The minimum absolute atomic E-state index is 0.180. The lowest BCUT2D eigenvalue weighted by atomic mass is 10.3. The average molecular weight is 477 g/mol. The van der Waals surface area contributed by atoms with Crippen LogP contribution in [0.1, 0.15) is 36.0 Å². The topological polar surface area (TPSA) is 141 Å². The first-order chi connectivity index (χ1) is 17.0. The summed E-state index contributed by atoms with van der Waals surface area (Å²) in [6, 6.07) is 10.3. The van der Waals surface area contributed by atoms with E-state index in [0.717, 1.165) is 0 Å². The molecule has 4 N–H and O–H groups in total. The van der Waals surface area contributed by atoms with Gasteiger partial charge in [-0.1, -0.05) is 18.9 Å². The highest BCUT2D eigenvalue weighted by Crippen LogP contribution is 2.21. The lowest BCUT2D eigenvalue weighted by Gasteiger charge is -2.11. The monoisotopic (exact) mass is 476 g/mol. The summed E-state index contributed by atoms with van der Waals surface area (Å²) in [6.07, 6.45) is 10.5. The van der Waals surface area contributed by atoms with Crippen LogP contribution in [-0.2, 0) is 4.74 Å². The minimum atomic E-state index is -0.640. The second-order valence-electron chi connectivity index (χ2n) is 7.99. The molecule has 0 aromatic carbocycles.